The fourth-order valence-electron chi connectivity index (χ4n) is 3.92. The Hall–Kier alpha value is -1.31. The SMILES string of the molecule is NC(=O)CCCCCCCCCCCCCCCCCCCc1ccccc1. The molecular formula is C26H45NO. The minimum Gasteiger partial charge on any atom is -0.370 e. The molecule has 1 rings (SSSR count). The summed E-state index contributed by atoms with van der Waals surface area (Å²) in [6, 6.07) is 10.9. The molecule has 0 fully saturated rings. The van der Waals surface area contributed by atoms with Crippen LogP contribution in [-0.4, -0.2) is 5.91 Å². The molecule has 0 saturated carbocycles. The van der Waals surface area contributed by atoms with Crippen molar-refractivity contribution in [3.63, 3.8) is 0 Å². The van der Waals surface area contributed by atoms with Gasteiger partial charge >= 0.3 is 0 Å². The van der Waals surface area contributed by atoms with E-state index in [1.165, 1.54) is 108 Å². The molecular weight excluding hydrogens is 342 g/mol. The maximum absolute atomic E-state index is 10.6. The molecule has 0 aliphatic heterocycles. The van der Waals surface area contributed by atoms with Crippen molar-refractivity contribution in [2.75, 3.05) is 0 Å². The molecule has 0 spiro atoms. The van der Waals surface area contributed by atoms with E-state index in [1.54, 1.807) is 0 Å². The minimum absolute atomic E-state index is 0.154. The number of hydrogen-bond acceptors (Lipinski definition) is 1. The zero-order valence-corrected chi connectivity index (χ0v) is 18.3. The molecule has 160 valence electrons. The highest BCUT2D eigenvalue weighted by atomic mass is 16.1. The van der Waals surface area contributed by atoms with Crippen LogP contribution in [0.2, 0.25) is 0 Å². The number of carbonyl (C=O) groups excluding carboxylic acids is 1. The summed E-state index contributed by atoms with van der Waals surface area (Å²) in [5, 5.41) is 0. The smallest absolute Gasteiger partial charge is 0.217 e. The standard InChI is InChI=1S/C26H45NO/c27-26(28)24-20-15-13-11-9-7-5-3-1-2-4-6-8-10-12-14-17-21-25-22-18-16-19-23-25/h16,18-19,22-23H,1-15,17,20-21,24H2,(H2,27,28). The first-order valence-corrected chi connectivity index (χ1v) is 12.1. The van der Waals surface area contributed by atoms with Gasteiger partial charge in [-0.05, 0) is 24.8 Å². The van der Waals surface area contributed by atoms with E-state index in [0.29, 0.717) is 6.42 Å². The van der Waals surface area contributed by atoms with E-state index in [1.807, 2.05) is 0 Å². The number of carbonyl (C=O) groups is 1. The van der Waals surface area contributed by atoms with Gasteiger partial charge in [-0.3, -0.25) is 4.79 Å². The summed E-state index contributed by atoms with van der Waals surface area (Å²) in [5.74, 6) is -0.154. The Morgan fingerprint density at radius 1 is 0.536 bits per heavy atom. The van der Waals surface area contributed by atoms with Crippen LogP contribution in [-0.2, 0) is 11.2 Å². The fourth-order valence-corrected chi connectivity index (χ4v) is 3.92. The number of unbranched alkanes of at least 4 members (excludes halogenated alkanes) is 16. The van der Waals surface area contributed by atoms with Crippen molar-refractivity contribution in [3.05, 3.63) is 35.9 Å². The van der Waals surface area contributed by atoms with Gasteiger partial charge in [-0.25, -0.2) is 0 Å². The maximum Gasteiger partial charge on any atom is 0.217 e. The third-order valence-corrected chi connectivity index (χ3v) is 5.73. The van der Waals surface area contributed by atoms with E-state index in [9.17, 15) is 4.79 Å². The molecule has 2 N–H and O–H groups in total. The highest BCUT2D eigenvalue weighted by Gasteiger charge is 1.97. The molecule has 0 aliphatic rings. The fraction of sp³-hybridized carbons (Fsp3) is 0.731. The van der Waals surface area contributed by atoms with Crippen LogP contribution in [0.1, 0.15) is 121 Å². The van der Waals surface area contributed by atoms with Gasteiger partial charge in [-0.15, -0.1) is 0 Å². The summed E-state index contributed by atoms with van der Waals surface area (Å²) in [6.45, 7) is 0. The summed E-state index contributed by atoms with van der Waals surface area (Å²) in [4.78, 5) is 10.6. The predicted octanol–water partition coefficient (Wildman–Crippen LogP) is 7.74. The van der Waals surface area contributed by atoms with Crippen LogP contribution in [0.3, 0.4) is 0 Å². The second-order valence-electron chi connectivity index (χ2n) is 8.46. The molecule has 2 heteroatoms. The third kappa shape index (κ3) is 16.8. The summed E-state index contributed by atoms with van der Waals surface area (Å²) in [7, 11) is 0. The normalized spacial score (nSPS) is 11.0. The summed E-state index contributed by atoms with van der Waals surface area (Å²) in [5.41, 5.74) is 6.63. The molecule has 0 unspecified atom stereocenters. The second-order valence-corrected chi connectivity index (χ2v) is 8.46. The van der Waals surface area contributed by atoms with Crippen LogP contribution < -0.4 is 5.73 Å². The van der Waals surface area contributed by atoms with Gasteiger partial charge in [0.2, 0.25) is 5.91 Å². The topological polar surface area (TPSA) is 43.1 Å². The zero-order chi connectivity index (χ0) is 20.1. The summed E-state index contributed by atoms with van der Waals surface area (Å²) < 4.78 is 0. The van der Waals surface area contributed by atoms with Crippen molar-refractivity contribution in [1.29, 1.82) is 0 Å². The van der Waals surface area contributed by atoms with Crippen LogP contribution in [0.25, 0.3) is 0 Å². The number of nitrogens with two attached hydrogens (primary N) is 1. The van der Waals surface area contributed by atoms with Crippen molar-refractivity contribution >= 4 is 5.91 Å². The Labute approximate surface area is 174 Å². The van der Waals surface area contributed by atoms with Crippen LogP contribution in [0.4, 0.5) is 0 Å². The second kappa shape index (κ2) is 19.0. The summed E-state index contributed by atoms with van der Waals surface area (Å²) >= 11 is 0. The molecule has 0 heterocycles. The minimum atomic E-state index is -0.154. The van der Waals surface area contributed by atoms with Gasteiger partial charge < -0.3 is 5.73 Å². The lowest BCUT2D eigenvalue weighted by molar-refractivity contribution is -0.118. The number of rotatable bonds is 20. The Morgan fingerprint density at radius 3 is 1.29 bits per heavy atom. The van der Waals surface area contributed by atoms with E-state index < -0.39 is 0 Å². The van der Waals surface area contributed by atoms with Crippen molar-refractivity contribution in [2.45, 2.75) is 122 Å². The van der Waals surface area contributed by atoms with E-state index >= 15 is 0 Å². The van der Waals surface area contributed by atoms with E-state index in [-0.39, 0.29) is 5.91 Å². The molecule has 1 aromatic rings. The Balaban J connectivity index is 1.68. The first kappa shape index (κ1) is 24.7. The molecule has 0 radical (unpaired) electrons. The van der Waals surface area contributed by atoms with Crippen LogP contribution >= 0.6 is 0 Å². The van der Waals surface area contributed by atoms with Gasteiger partial charge in [0.05, 0.1) is 0 Å². The molecule has 0 atom stereocenters. The van der Waals surface area contributed by atoms with E-state index in [4.69, 9.17) is 5.73 Å². The number of primary amides is 1. The van der Waals surface area contributed by atoms with Crippen molar-refractivity contribution in [1.82, 2.24) is 0 Å². The van der Waals surface area contributed by atoms with Crippen molar-refractivity contribution < 1.29 is 4.79 Å². The average molecular weight is 388 g/mol. The quantitative estimate of drug-likeness (QED) is 0.228. The number of hydrogen-bond donors (Lipinski definition) is 1. The van der Waals surface area contributed by atoms with E-state index in [2.05, 4.69) is 30.3 Å². The van der Waals surface area contributed by atoms with Gasteiger partial charge in [-0.2, -0.15) is 0 Å². The molecule has 28 heavy (non-hydrogen) atoms. The Bertz CT molecular complexity index is 457. The maximum atomic E-state index is 10.6. The van der Waals surface area contributed by atoms with Gasteiger partial charge in [-0.1, -0.05) is 127 Å². The molecule has 0 aliphatic carbocycles. The predicted molar refractivity (Wildman–Crippen MR) is 122 cm³/mol. The van der Waals surface area contributed by atoms with Crippen LogP contribution in [0.15, 0.2) is 30.3 Å². The van der Waals surface area contributed by atoms with E-state index in [0.717, 1.165) is 12.8 Å². The molecule has 0 bridgehead atoms. The largest absolute Gasteiger partial charge is 0.370 e. The lowest BCUT2D eigenvalue weighted by atomic mass is 10.0. The Kier molecular flexibility index (Phi) is 16.8. The first-order valence-electron chi connectivity index (χ1n) is 12.1. The molecule has 2 nitrogen and oxygen atoms in total. The van der Waals surface area contributed by atoms with Crippen molar-refractivity contribution in [3.8, 4) is 0 Å². The molecule has 0 saturated heterocycles. The lowest BCUT2D eigenvalue weighted by Gasteiger charge is -2.04. The Morgan fingerprint density at radius 2 is 0.893 bits per heavy atom. The van der Waals surface area contributed by atoms with Gasteiger partial charge in [0.15, 0.2) is 0 Å². The highest BCUT2D eigenvalue weighted by molar-refractivity contribution is 5.73. The monoisotopic (exact) mass is 387 g/mol. The number of benzene rings is 1. The molecule has 1 amide bonds. The van der Waals surface area contributed by atoms with Crippen LogP contribution in [0, 0.1) is 0 Å². The highest BCUT2D eigenvalue weighted by Crippen LogP contribution is 2.15. The summed E-state index contributed by atoms with van der Waals surface area (Å²) in [6.07, 6.45) is 24.8. The lowest BCUT2D eigenvalue weighted by Crippen LogP contribution is -2.09. The van der Waals surface area contributed by atoms with Crippen molar-refractivity contribution in [2.24, 2.45) is 5.73 Å². The number of amides is 1. The zero-order valence-electron chi connectivity index (χ0n) is 18.3. The molecule has 1 aromatic carbocycles. The average Bonchev–Trinajstić information content (AvgIpc) is 2.70. The van der Waals surface area contributed by atoms with Gasteiger partial charge in [0.25, 0.3) is 0 Å². The molecule has 0 aromatic heterocycles. The van der Waals surface area contributed by atoms with Gasteiger partial charge in [0.1, 0.15) is 0 Å². The third-order valence-electron chi connectivity index (χ3n) is 5.73. The first-order chi connectivity index (χ1) is 13.8. The van der Waals surface area contributed by atoms with Crippen LogP contribution in [0.5, 0.6) is 0 Å². The van der Waals surface area contributed by atoms with Gasteiger partial charge in [0, 0.05) is 6.42 Å². The number of aryl methyl sites for hydroxylation is 1.